The number of nitrogens with zero attached hydrogens (tertiary/aromatic N) is 4. The highest BCUT2D eigenvalue weighted by molar-refractivity contribution is 7.88. The van der Waals surface area contributed by atoms with Gasteiger partial charge >= 0.3 is 0 Å². The standard InChI is InChI=1S/C9H15Cl2N5O2S/c1-3-16(19(2,17)18)6-4-5-12-9-14-7(10)13-8(11)15-9/h3-6H2,1-2H3,(H,12,13,14,15). The van der Waals surface area contributed by atoms with E-state index in [0.29, 0.717) is 26.1 Å². The van der Waals surface area contributed by atoms with E-state index < -0.39 is 10.0 Å². The highest BCUT2D eigenvalue weighted by Crippen LogP contribution is 2.09. The van der Waals surface area contributed by atoms with Crippen molar-refractivity contribution in [3.63, 3.8) is 0 Å². The molecule has 108 valence electrons. The summed E-state index contributed by atoms with van der Waals surface area (Å²) in [6, 6.07) is 0. The molecular formula is C9H15Cl2N5O2S. The first-order chi connectivity index (χ1) is 8.82. The monoisotopic (exact) mass is 327 g/mol. The van der Waals surface area contributed by atoms with Crippen LogP contribution in [0.15, 0.2) is 0 Å². The number of hydrogen-bond acceptors (Lipinski definition) is 6. The van der Waals surface area contributed by atoms with Gasteiger partial charge in [-0.15, -0.1) is 0 Å². The first-order valence-corrected chi connectivity index (χ1v) is 8.19. The van der Waals surface area contributed by atoms with Gasteiger partial charge < -0.3 is 5.32 Å². The second-order valence-corrected chi connectivity index (χ2v) is 6.39. The van der Waals surface area contributed by atoms with Crippen molar-refractivity contribution in [2.75, 3.05) is 31.2 Å². The SMILES string of the molecule is CCN(CCCNc1nc(Cl)nc(Cl)n1)S(C)(=O)=O. The van der Waals surface area contributed by atoms with E-state index in [2.05, 4.69) is 20.3 Å². The molecule has 0 saturated heterocycles. The number of sulfonamides is 1. The third-order valence-corrected chi connectivity index (χ3v) is 3.99. The molecule has 10 heteroatoms. The summed E-state index contributed by atoms with van der Waals surface area (Å²) in [6.07, 6.45) is 1.80. The number of halogens is 2. The summed E-state index contributed by atoms with van der Waals surface area (Å²) in [6.45, 7) is 3.17. The van der Waals surface area contributed by atoms with Gasteiger partial charge in [0.15, 0.2) is 0 Å². The lowest BCUT2D eigenvalue weighted by Gasteiger charge is -2.17. The topological polar surface area (TPSA) is 88.1 Å². The molecule has 0 spiro atoms. The fourth-order valence-electron chi connectivity index (χ4n) is 1.42. The minimum absolute atomic E-state index is 0.00817. The quantitative estimate of drug-likeness (QED) is 0.758. The van der Waals surface area contributed by atoms with Crippen molar-refractivity contribution in [2.24, 2.45) is 0 Å². The van der Waals surface area contributed by atoms with E-state index in [4.69, 9.17) is 23.2 Å². The van der Waals surface area contributed by atoms with Gasteiger partial charge in [0.1, 0.15) is 0 Å². The lowest BCUT2D eigenvalue weighted by Crippen LogP contribution is -2.31. The van der Waals surface area contributed by atoms with Crippen LogP contribution in [0.5, 0.6) is 0 Å². The first kappa shape index (κ1) is 16.4. The second kappa shape index (κ2) is 7.18. The van der Waals surface area contributed by atoms with Gasteiger partial charge in [0.25, 0.3) is 0 Å². The Hall–Kier alpha value is -0.700. The van der Waals surface area contributed by atoms with Gasteiger partial charge in [-0.25, -0.2) is 12.7 Å². The van der Waals surface area contributed by atoms with Gasteiger partial charge in [-0.05, 0) is 29.6 Å². The number of nitrogens with one attached hydrogen (secondary N) is 1. The van der Waals surface area contributed by atoms with Crippen LogP contribution in [0.4, 0.5) is 5.95 Å². The summed E-state index contributed by atoms with van der Waals surface area (Å²) in [4.78, 5) is 11.3. The predicted octanol–water partition coefficient (Wildman–Crippen LogP) is 1.26. The Bertz CT molecular complexity index is 505. The number of hydrogen-bond donors (Lipinski definition) is 1. The predicted molar refractivity (Wildman–Crippen MR) is 75.0 cm³/mol. The van der Waals surface area contributed by atoms with Crippen LogP contribution in [-0.2, 0) is 10.0 Å². The van der Waals surface area contributed by atoms with Crippen molar-refractivity contribution in [3.8, 4) is 0 Å². The average Bonchev–Trinajstić information content (AvgIpc) is 2.25. The van der Waals surface area contributed by atoms with E-state index in [1.165, 1.54) is 10.6 Å². The Morgan fingerprint density at radius 3 is 2.26 bits per heavy atom. The lowest BCUT2D eigenvalue weighted by atomic mass is 10.4. The summed E-state index contributed by atoms with van der Waals surface area (Å²) in [5.41, 5.74) is 0. The molecule has 0 aliphatic rings. The second-order valence-electron chi connectivity index (χ2n) is 3.73. The van der Waals surface area contributed by atoms with Crippen LogP contribution in [0.1, 0.15) is 13.3 Å². The van der Waals surface area contributed by atoms with Crippen molar-refractivity contribution in [1.29, 1.82) is 0 Å². The van der Waals surface area contributed by atoms with E-state index in [1.54, 1.807) is 6.92 Å². The molecule has 0 radical (unpaired) electrons. The molecule has 0 fully saturated rings. The highest BCUT2D eigenvalue weighted by atomic mass is 35.5. The Labute approximate surface area is 122 Å². The Morgan fingerprint density at radius 1 is 1.21 bits per heavy atom. The molecule has 1 aromatic rings. The maximum absolute atomic E-state index is 11.4. The van der Waals surface area contributed by atoms with Gasteiger partial charge in [0, 0.05) is 19.6 Å². The summed E-state index contributed by atoms with van der Waals surface area (Å²) >= 11 is 11.2. The lowest BCUT2D eigenvalue weighted by molar-refractivity contribution is 0.428. The molecule has 0 amide bonds. The number of anilines is 1. The molecule has 7 nitrogen and oxygen atoms in total. The van der Waals surface area contributed by atoms with Gasteiger partial charge in [0.05, 0.1) is 6.26 Å². The summed E-state index contributed by atoms with van der Waals surface area (Å²) < 4.78 is 24.1. The largest absolute Gasteiger partial charge is 0.354 e. The van der Waals surface area contributed by atoms with Crippen LogP contribution in [0.25, 0.3) is 0 Å². The third kappa shape index (κ3) is 5.85. The van der Waals surface area contributed by atoms with Crippen molar-refractivity contribution in [2.45, 2.75) is 13.3 Å². The van der Waals surface area contributed by atoms with E-state index in [0.717, 1.165) is 0 Å². The maximum atomic E-state index is 11.4. The average molecular weight is 328 g/mol. The van der Waals surface area contributed by atoms with Crippen LogP contribution >= 0.6 is 23.2 Å². The van der Waals surface area contributed by atoms with E-state index in [9.17, 15) is 8.42 Å². The third-order valence-electron chi connectivity index (χ3n) is 2.27. The molecule has 0 aromatic carbocycles. The molecule has 0 saturated carbocycles. The van der Waals surface area contributed by atoms with Crippen LogP contribution in [0.2, 0.25) is 10.6 Å². The van der Waals surface area contributed by atoms with Crippen molar-refractivity contribution >= 4 is 39.2 Å². The van der Waals surface area contributed by atoms with E-state index >= 15 is 0 Å². The molecule has 19 heavy (non-hydrogen) atoms. The van der Waals surface area contributed by atoms with Crippen LogP contribution in [-0.4, -0.2) is 53.6 Å². The molecule has 0 unspecified atom stereocenters. The summed E-state index contributed by atoms with van der Waals surface area (Å²) in [5, 5.41) is 2.92. The smallest absolute Gasteiger partial charge is 0.228 e. The van der Waals surface area contributed by atoms with Gasteiger partial charge in [-0.1, -0.05) is 6.92 Å². The normalized spacial score (nSPS) is 11.8. The molecule has 0 aliphatic heterocycles. The molecule has 1 heterocycles. The van der Waals surface area contributed by atoms with Gasteiger partial charge in [-0.2, -0.15) is 15.0 Å². The van der Waals surface area contributed by atoms with Crippen molar-refractivity contribution < 1.29 is 8.42 Å². The fourth-order valence-corrected chi connectivity index (χ4v) is 2.71. The van der Waals surface area contributed by atoms with Crippen molar-refractivity contribution in [1.82, 2.24) is 19.3 Å². The number of aromatic nitrogens is 3. The first-order valence-electron chi connectivity index (χ1n) is 5.59. The van der Waals surface area contributed by atoms with Crippen LogP contribution in [0.3, 0.4) is 0 Å². The fraction of sp³-hybridized carbons (Fsp3) is 0.667. The Balaban J connectivity index is 2.42. The molecule has 1 rings (SSSR count). The van der Waals surface area contributed by atoms with Gasteiger partial charge in [-0.3, -0.25) is 0 Å². The maximum Gasteiger partial charge on any atom is 0.228 e. The molecule has 0 bridgehead atoms. The molecular weight excluding hydrogens is 313 g/mol. The zero-order valence-electron chi connectivity index (χ0n) is 10.6. The highest BCUT2D eigenvalue weighted by Gasteiger charge is 2.13. The van der Waals surface area contributed by atoms with Crippen molar-refractivity contribution in [3.05, 3.63) is 10.6 Å². The zero-order valence-corrected chi connectivity index (χ0v) is 12.9. The molecule has 1 N–H and O–H groups in total. The molecule has 0 atom stereocenters. The number of rotatable bonds is 7. The summed E-state index contributed by atoms with van der Waals surface area (Å²) in [7, 11) is -3.15. The van der Waals surface area contributed by atoms with Gasteiger partial charge in [0.2, 0.25) is 26.5 Å². The minimum Gasteiger partial charge on any atom is -0.354 e. The minimum atomic E-state index is -3.15. The Morgan fingerprint density at radius 2 is 1.79 bits per heavy atom. The van der Waals surface area contributed by atoms with Crippen LogP contribution in [0, 0.1) is 0 Å². The summed E-state index contributed by atoms with van der Waals surface area (Å²) in [5.74, 6) is 0.271. The molecule has 1 aromatic heterocycles. The van der Waals surface area contributed by atoms with Crippen LogP contribution < -0.4 is 5.32 Å². The Kier molecular flexibility index (Phi) is 6.18. The van der Waals surface area contributed by atoms with E-state index in [-0.39, 0.29) is 16.5 Å². The molecule has 0 aliphatic carbocycles. The van der Waals surface area contributed by atoms with E-state index in [1.807, 2.05) is 0 Å². The zero-order chi connectivity index (χ0) is 14.5.